The Hall–Kier alpha value is -2.62. The Kier molecular flexibility index (Phi) is 2.61. The molecule has 2 saturated heterocycles. The Morgan fingerprint density at radius 3 is 2.95 bits per heavy atom. The number of hydrogen-bond acceptors (Lipinski definition) is 5. The van der Waals surface area contributed by atoms with Crippen molar-refractivity contribution in [1.82, 2.24) is 15.2 Å². The molecule has 1 atom stereocenters. The Balaban J connectivity index is 1.85. The molecule has 1 unspecified atom stereocenters. The zero-order chi connectivity index (χ0) is 14.3. The van der Waals surface area contributed by atoms with Crippen molar-refractivity contribution in [1.29, 1.82) is 5.26 Å². The van der Waals surface area contributed by atoms with Crippen molar-refractivity contribution in [2.45, 2.75) is 12.0 Å². The second-order valence-corrected chi connectivity index (χ2v) is 5.06. The molecule has 1 aromatic rings. The topological polar surface area (TPSA) is 89.3 Å². The zero-order valence-corrected chi connectivity index (χ0v) is 11.0. The number of pyridine rings is 1. The smallest absolute Gasteiger partial charge is 0.324 e. The van der Waals surface area contributed by atoms with E-state index in [2.05, 4.69) is 16.4 Å². The van der Waals surface area contributed by atoms with Gasteiger partial charge in [-0.25, -0.2) is 9.78 Å². The first-order chi connectivity index (χ1) is 9.55. The van der Waals surface area contributed by atoms with Gasteiger partial charge < -0.3 is 10.2 Å². The Morgan fingerprint density at radius 2 is 2.30 bits per heavy atom. The monoisotopic (exact) mass is 271 g/mol. The van der Waals surface area contributed by atoms with Crippen molar-refractivity contribution in [3.05, 3.63) is 23.9 Å². The van der Waals surface area contributed by atoms with Crippen molar-refractivity contribution < 1.29 is 9.59 Å². The Labute approximate surface area is 115 Å². The van der Waals surface area contributed by atoms with Crippen LogP contribution in [0.25, 0.3) is 0 Å². The second kappa shape index (κ2) is 4.20. The molecule has 0 aliphatic carbocycles. The number of likely N-dealkylation sites (N-methyl/N-ethyl adjacent to an activating group) is 1. The predicted molar refractivity (Wildman–Crippen MR) is 69.8 cm³/mol. The molecule has 3 amide bonds. The van der Waals surface area contributed by atoms with Crippen LogP contribution in [0, 0.1) is 11.3 Å². The number of carbonyl (C=O) groups is 2. The van der Waals surface area contributed by atoms with Gasteiger partial charge in [0.25, 0.3) is 5.91 Å². The van der Waals surface area contributed by atoms with E-state index in [-0.39, 0.29) is 11.9 Å². The van der Waals surface area contributed by atoms with Crippen molar-refractivity contribution in [3.63, 3.8) is 0 Å². The van der Waals surface area contributed by atoms with Gasteiger partial charge in [0.1, 0.15) is 11.4 Å². The van der Waals surface area contributed by atoms with E-state index < -0.39 is 5.54 Å². The summed E-state index contributed by atoms with van der Waals surface area (Å²) in [5, 5.41) is 11.7. The fourth-order valence-corrected chi connectivity index (χ4v) is 2.70. The van der Waals surface area contributed by atoms with Gasteiger partial charge in [-0.2, -0.15) is 5.26 Å². The molecule has 102 valence electrons. The summed E-state index contributed by atoms with van der Waals surface area (Å²) in [6, 6.07) is 5.01. The van der Waals surface area contributed by atoms with E-state index >= 15 is 0 Å². The highest BCUT2D eigenvalue weighted by atomic mass is 16.2. The molecule has 3 heterocycles. The molecule has 1 spiro atoms. The van der Waals surface area contributed by atoms with E-state index in [9.17, 15) is 9.59 Å². The summed E-state index contributed by atoms with van der Waals surface area (Å²) in [6.07, 6.45) is 2.11. The number of rotatable bonds is 1. The molecule has 0 aromatic carbocycles. The van der Waals surface area contributed by atoms with Crippen LogP contribution in [-0.2, 0) is 4.79 Å². The van der Waals surface area contributed by atoms with E-state index in [1.807, 2.05) is 4.90 Å². The van der Waals surface area contributed by atoms with E-state index in [1.165, 1.54) is 7.05 Å². The number of amides is 3. The molecule has 3 rings (SSSR count). The van der Waals surface area contributed by atoms with Gasteiger partial charge in [-0.3, -0.25) is 9.69 Å². The van der Waals surface area contributed by atoms with Crippen LogP contribution >= 0.6 is 0 Å². The van der Waals surface area contributed by atoms with Crippen molar-refractivity contribution >= 4 is 17.8 Å². The van der Waals surface area contributed by atoms with Crippen LogP contribution in [0.4, 0.5) is 10.6 Å². The highest BCUT2D eigenvalue weighted by Crippen LogP contribution is 2.30. The third-order valence-electron chi connectivity index (χ3n) is 3.83. The fourth-order valence-electron chi connectivity index (χ4n) is 2.70. The van der Waals surface area contributed by atoms with Gasteiger partial charge >= 0.3 is 6.03 Å². The molecular weight excluding hydrogens is 258 g/mol. The number of imide groups is 1. The first kappa shape index (κ1) is 12.4. The molecule has 7 heteroatoms. The van der Waals surface area contributed by atoms with Crippen LogP contribution < -0.4 is 10.2 Å². The quantitative estimate of drug-likeness (QED) is 0.731. The van der Waals surface area contributed by atoms with Crippen LogP contribution in [0.5, 0.6) is 0 Å². The maximum Gasteiger partial charge on any atom is 0.324 e. The van der Waals surface area contributed by atoms with Crippen molar-refractivity contribution in [3.8, 4) is 6.07 Å². The van der Waals surface area contributed by atoms with Crippen molar-refractivity contribution in [2.24, 2.45) is 0 Å². The van der Waals surface area contributed by atoms with Gasteiger partial charge in [0.05, 0.1) is 18.2 Å². The second-order valence-electron chi connectivity index (χ2n) is 5.06. The van der Waals surface area contributed by atoms with E-state index in [0.29, 0.717) is 30.9 Å². The Bertz CT molecular complexity index is 638. The summed E-state index contributed by atoms with van der Waals surface area (Å²) in [5.74, 6) is 0.443. The van der Waals surface area contributed by atoms with Gasteiger partial charge in [0, 0.05) is 19.8 Å². The zero-order valence-electron chi connectivity index (χ0n) is 11.0. The van der Waals surface area contributed by atoms with Gasteiger partial charge in [-0.05, 0) is 18.6 Å². The summed E-state index contributed by atoms with van der Waals surface area (Å²) < 4.78 is 0. The van der Waals surface area contributed by atoms with Crippen LogP contribution in [0.2, 0.25) is 0 Å². The third-order valence-corrected chi connectivity index (χ3v) is 3.83. The first-order valence-corrected chi connectivity index (χ1v) is 6.27. The molecule has 20 heavy (non-hydrogen) atoms. The minimum Gasteiger partial charge on any atom is -0.354 e. The number of nitriles is 1. The molecule has 2 aliphatic rings. The van der Waals surface area contributed by atoms with E-state index in [0.717, 1.165) is 4.90 Å². The Morgan fingerprint density at radius 1 is 1.50 bits per heavy atom. The summed E-state index contributed by atoms with van der Waals surface area (Å²) >= 11 is 0. The van der Waals surface area contributed by atoms with Crippen LogP contribution in [-0.4, -0.2) is 47.5 Å². The molecule has 1 aromatic heterocycles. The number of urea groups is 1. The lowest BCUT2D eigenvalue weighted by molar-refractivity contribution is -0.129. The summed E-state index contributed by atoms with van der Waals surface area (Å²) in [5.41, 5.74) is -0.328. The molecule has 1 N–H and O–H groups in total. The van der Waals surface area contributed by atoms with Crippen LogP contribution in [0.15, 0.2) is 18.3 Å². The molecule has 0 radical (unpaired) electrons. The highest BCUT2D eigenvalue weighted by Gasteiger charge is 2.53. The van der Waals surface area contributed by atoms with Gasteiger partial charge in [0.2, 0.25) is 0 Å². The maximum atomic E-state index is 12.2. The number of aromatic nitrogens is 1. The summed E-state index contributed by atoms with van der Waals surface area (Å²) in [7, 11) is 1.48. The molecular formula is C13H13N5O2. The lowest BCUT2D eigenvalue weighted by Crippen LogP contribution is -2.49. The summed E-state index contributed by atoms with van der Waals surface area (Å²) in [4.78, 5) is 31.0. The number of carbonyl (C=O) groups excluding carboxylic acids is 2. The largest absolute Gasteiger partial charge is 0.354 e. The third kappa shape index (κ3) is 1.69. The van der Waals surface area contributed by atoms with Crippen molar-refractivity contribution in [2.75, 3.05) is 25.0 Å². The number of nitrogens with one attached hydrogen (secondary N) is 1. The van der Waals surface area contributed by atoms with Crippen LogP contribution in [0.1, 0.15) is 12.0 Å². The van der Waals surface area contributed by atoms with E-state index in [4.69, 9.17) is 5.26 Å². The number of nitrogens with zero attached hydrogens (tertiary/aromatic N) is 4. The van der Waals surface area contributed by atoms with Gasteiger partial charge in [-0.15, -0.1) is 0 Å². The molecule has 2 aliphatic heterocycles. The first-order valence-electron chi connectivity index (χ1n) is 6.27. The molecule has 2 fully saturated rings. The standard InChI is InChI=1S/C13H13N5O2/c1-17-11(19)13(16-12(17)20)3-5-18(8-13)10-6-9(7-14)2-4-15-10/h2,4,6H,3,5,8H2,1H3,(H,16,20). The predicted octanol–water partition coefficient (Wildman–Crippen LogP) is 0.0838. The minimum atomic E-state index is -0.851. The lowest BCUT2D eigenvalue weighted by Gasteiger charge is -2.22. The molecule has 7 nitrogen and oxygen atoms in total. The van der Waals surface area contributed by atoms with Crippen LogP contribution in [0.3, 0.4) is 0 Å². The summed E-state index contributed by atoms with van der Waals surface area (Å²) in [6.45, 7) is 0.992. The number of hydrogen-bond donors (Lipinski definition) is 1. The number of anilines is 1. The van der Waals surface area contributed by atoms with Gasteiger partial charge in [0.15, 0.2) is 0 Å². The molecule has 0 bridgehead atoms. The highest BCUT2D eigenvalue weighted by molar-refractivity contribution is 6.07. The fraction of sp³-hybridized carbons (Fsp3) is 0.385. The van der Waals surface area contributed by atoms with E-state index in [1.54, 1.807) is 18.3 Å². The average molecular weight is 271 g/mol. The minimum absolute atomic E-state index is 0.207. The maximum absolute atomic E-state index is 12.2. The average Bonchev–Trinajstić information content (AvgIpc) is 2.98. The normalized spacial score (nSPS) is 25.2. The lowest BCUT2D eigenvalue weighted by atomic mass is 9.99. The van der Waals surface area contributed by atoms with Gasteiger partial charge in [-0.1, -0.05) is 0 Å². The SMILES string of the molecule is CN1C(=O)NC2(CCN(c3cc(C#N)ccn3)C2)C1=O. The molecule has 0 saturated carbocycles.